The minimum Gasteiger partial charge on any atom is -0.480 e. The van der Waals surface area contributed by atoms with E-state index in [-0.39, 0.29) is 37.9 Å². The van der Waals surface area contributed by atoms with Gasteiger partial charge in [-0.25, -0.2) is 20.0 Å². The van der Waals surface area contributed by atoms with E-state index >= 15 is 0 Å². The predicted octanol–water partition coefficient (Wildman–Crippen LogP) is 0.696. The summed E-state index contributed by atoms with van der Waals surface area (Å²) in [7, 11) is -3.54. The van der Waals surface area contributed by atoms with Crippen molar-refractivity contribution < 1.29 is 29.0 Å². The largest absolute Gasteiger partial charge is 0.480 e. The highest BCUT2D eigenvalue weighted by atomic mass is 35.5. The lowest BCUT2D eigenvalue weighted by atomic mass is 10.3. The Kier molecular flexibility index (Phi) is 8.56. The summed E-state index contributed by atoms with van der Waals surface area (Å²) in [5.41, 5.74) is 1.37. The SMILES string of the molecule is O=C(O)CN(C(=O)NO)C1CCOP(=O)(N(CCCl)CCCl)N1. The maximum Gasteiger partial charge on any atom is 0.345 e. The molecule has 0 saturated carbocycles. The van der Waals surface area contributed by atoms with Crippen LogP contribution in [0.25, 0.3) is 0 Å². The van der Waals surface area contributed by atoms with Crippen molar-refractivity contribution >= 4 is 42.9 Å². The third kappa shape index (κ3) is 5.75. The fourth-order valence-corrected chi connectivity index (χ4v) is 4.84. The van der Waals surface area contributed by atoms with E-state index in [0.29, 0.717) is 0 Å². The van der Waals surface area contributed by atoms with E-state index in [9.17, 15) is 14.2 Å². The summed E-state index contributed by atoms with van der Waals surface area (Å²) in [6, 6.07) is -1.03. The summed E-state index contributed by atoms with van der Waals surface area (Å²) in [6.07, 6.45) is -0.703. The molecule has 4 N–H and O–H groups in total. The molecular weight excluding hydrogens is 374 g/mol. The van der Waals surface area contributed by atoms with Gasteiger partial charge in [0.25, 0.3) is 0 Å². The average molecular weight is 393 g/mol. The molecule has 1 fully saturated rings. The molecule has 0 aliphatic carbocycles. The number of halogens is 2. The lowest BCUT2D eigenvalue weighted by Gasteiger charge is -2.40. The van der Waals surface area contributed by atoms with Gasteiger partial charge in [-0.15, -0.1) is 23.2 Å². The van der Waals surface area contributed by atoms with Crippen LogP contribution in [0.15, 0.2) is 0 Å². The van der Waals surface area contributed by atoms with Crippen molar-refractivity contribution in [1.29, 1.82) is 0 Å². The van der Waals surface area contributed by atoms with Crippen molar-refractivity contribution in [1.82, 2.24) is 20.1 Å². The number of urea groups is 1. The molecule has 0 radical (unpaired) electrons. The van der Waals surface area contributed by atoms with Gasteiger partial charge < -0.3 is 9.63 Å². The molecule has 2 atom stereocenters. The van der Waals surface area contributed by atoms with Gasteiger partial charge in [0, 0.05) is 31.3 Å². The zero-order chi connectivity index (χ0) is 17.5. The summed E-state index contributed by atoms with van der Waals surface area (Å²) in [5.74, 6) is -0.908. The molecule has 10 nitrogen and oxygen atoms in total. The van der Waals surface area contributed by atoms with Gasteiger partial charge in [-0.2, -0.15) is 0 Å². The highest BCUT2D eigenvalue weighted by Crippen LogP contribution is 2.49. The Labute approximate surface area is 143 Å². The van der Waals surface area contributed by atoms with Crippen molar-refractivity contribution in [2.75, 3.05) is 38.0 Å². The first-order valence-electron chi connectivity index (χ1n) is 6.70. The van der Waals surface area contributed by atoms with E-state index in [2.05, 4.69) is 5.09 Å². The van der Waals surface area contributed by atoms with Crippen molar-refractivity contribution in [2.45, 2.75) is 12.6 Å². The van der Waals surface area contributed by atoms with E-state index < -0.39 is 32.4 Å². The maximum absolute atomic E-state index is 12.9. The van der Waals surface area contributed by atoms with Crippen LogP contribution in [-0.4, -0.2) is 76.1 Å². The minimum absolute atomic E-state index is 0.0326. The Balaban J connectivity index is 2.94. The third-order valence-corrected chi connectivity index (χ3v) is 5.71. The molecule has 0 bridgehead atoms. The number of carboxylic acids is 1. The number of rotatable bonds is 8. The van der Waals surface area contributed by atoms with Gasteiger partial charge in [0.15, 0.2) is 0 Å². The summed E-state index contributed by atoms with van der Waals surface area (Å²) in [6.45, 7) is -0.188. The first-order valence-corrected chi connectivity index (χ1v) is 9.34. The molecule has 1 aliphatic rings. The van der Waals surface area contributed by atoms with Crippen LogP contribution < -0.4 is 10.6 Å². The number of hydroxylamine groups is 1. The number of alkyl halides is 2. The van der Waals surface area contributed by atoms with Crippen LogP contribution in [0, 0.1) is 0 Å². The van der Waals surface area contributed by atoms with Crippen LogP contribution in [0.1, 0.15) is 6.42 Å². The number of hydrogen-bond donors (Lipinski definition) is 4. The molecule has 1 saturated heterocycles. The van der Waals surface area contributed by atoms with Gasteiger partial charge in [-0.1, -0.05) is 0 Å². The molecule has 0 aromatic carbocycles. The molecule has 23 heavy (non-hydrogen) atoms. The first-order chi connectivity index (χ1) is 10.9. The standard InChI is InChI=1S/C10H19Cl2N4O6P/c11-2-4-15(5-3-12)23(21)14-8(1-6-22-23)16(7-9(17)18)10(19)13-20/h8,20H,1-7H2,(H,13,19)(H,14,21)(H,17,18). The molecule has 1 aliphatic heterocycles. The van der Waals surface area contributed by atoms with Crippen LogP contribution in [0.5, 0.6) is 0 Å². The normalized spacial score (nSPS) is 24.4. The Hall–Kier alpha value is -0.610. The minimum atomic E-state index is -3.54. The second-order valence-corrected chi connectivity index (χ2v) is 7.44. The molecule has 0 spiro atoms. The van der Waals surface area contributed by atoms with Crippen molar-refractivity contribution in [3.8, 4) is 0 Å². The topological polar surface area (TPSA) is 131 Å². The fraction of sp³-hybridized carbons (Fsp3) is 0.800. The molecule has 134 valence electrons. The highest BCUT2D eigenvalue weighted by molar-refractivity contribution is 7.54. The van der Waals surface area contributed by atoms with Gasteiger partial charge in [0.1, 0.15) is 6.54 Å². The second-order valence-electron chi connectivity index (χ2n) is 4.56. The molecule has 0 aromatic heterocycles. The Bertz CT molecular complexity index is 465. The van der Waals surface area contributed by atoms with E-state index in [1.165, 1.54) is 10.2 Å². The number of carbonyl (C=O) groups excluding carboxylic acids is 1. The van der Waals surface area contributed by atoms with Gasteiger partial charge in [-0.05, 0) is 0 Å². The molecule has 1 heterocycles. The van der Waals surface area contributed by atoms with Crippen molar-refractivity contribution in [2.24, 2.45) is 0 Å². The summed E-state index contributed by atoms with van der Waals surface area (Å²) < 4.78 is 19.7. The molecule has 2 amide bonds. The number of nitrogens with one attached hydrogen (secondary N) is 2. The van der Waals surface area contributed by atoms with Gasteiger partial charge in [0.2, 0.25) is 0 Å². The second kappa shape index (κ2) is 9.63. The summed E-state index contributed by atoms with van der Waals surface area (Å²) >= 11 is 11.4. The highest BCUT2D eigenvalue weighted by Gasteiger charge is 2.40. The third-order valence-electron chi connectivity index (χ3n) is 3.07. The molecule has 2 unspecified atom stereocenters. The van der Waals surface area contributed by atoms with Gasteiger partial charge in [0.05, 0.1) is 12.8 Å². The smallest absolute Gasteiger partial charge is 0.345 e. The van der Waals surface area contributed by atoms with Gasteiger partial charge >= 0.3 is 19.7 Å². The number of hydrogen-bond acceptors (Lipinski definition) is 5. The van der Waals surface area contributed by atoms with Crippen LogP contribution in [0.2, 0.25) is 0 Å². The zero-order valence-corrected chi connectivity index (χ0v) is 14.6. The summed E-state index contributed by atoms with van der Waals surface area (Å²) in [4.78, 5) is 23.4. The average Bonchev–Trinajstić information content (AvgIpc) is 2.51. The Morgan fingerprint density at radius 3 is 2.43 bits per heavy atom. The first kappa shape index (κ1) is 20.4. The number of nitrogens with zero attached hydrogens (tertiary/aromatic N) is 2. The number of carbonyl (C=O) groups is 2. The predicted molar refractivity (Wildman–Crippen MR) is 82.8 cm³/mol. The Morgan fingerprint density at radius 1 is 1.35 bits per heavy atom. The quantitative estimate of drug-likeness (QED) is 0.205. The van der Waals surface area contributed by atoms with Crippen LogP contribution in [0.3, 0.4) is 0 Å². The van der Waals surface area contributed by atoms with E-state index in [1.807, 2.05) is 0 Å². The lowest BCUT2D eigenvalue weighted by Crippen LogP contribution is -2.56. The van der Waals surface area contributed by atoms with E-state index in [0.717, 1.165) is 4.90 Å². The molecule has 0 aromatic rings. The van der Waals surface area contributed by atoms with Crippen molar-refractivity contribution in [3.63, 3.8) is 0 Å². The number of carboxylic acid groups (broad SMARTS) is 1. The maximum atomic E-state index is 12.9. The van der Waals surface area contributed by atoms with E-state index in [1.54, 1.807) is 0 Å². The van der Waals surface area contributed by atoms with Crippen LogP contribution in [-0.2, 0) is 13.9 Å². The van der Waals surface area contributed by atoms with Crippen LogP contribution in [0.4, 0.5) is 4.79 Å². The summed E-state index contributed by atoms with van der Waals surface area (Å²) in [5, 5.41) is 20.3. The Morgan fingerprint density at radius 2 is 1.96 bits per heavy atom. The molecule has 13 heteroatoms. The van der Waals surface area contributed by atoms with E-state index in [4.69, 9.17) is 38.0 Å². The van der Waals surface area contributed by atoms with Crippen molar-refractivity contribution in [3.05, 3.63) is 0 Å². The lowest BCUT2D eigenvalue weighted by molar-refractivity contribution is -0.138. The monoisotopic (exact) mass is 392 g/mol. The van der Waals surface area contributed by atoms with Crippen LogP contribution >= 0.6 is 30.9 Å². The number of aliphatic carboxylic acids is 1. The fourth-order valence-electron chi connectivity index (χ4n) is 2.07. The molecule has 1 rings (SSSR count). The zero-order valence-electron chi connectivity index (χ0n) is 12.2. The number of amides is 2. The van der Waals surface area contributed by atoms with Gasteiger partial charge in [-0.3, -0.25) is 19.5 Å². The molecular formula is C10H19Cl2N4O6P.